The Morgan fingerprint density at radius 2 is 2.28 bits per heavy atom. The lowest BCUT2D eigenvalue weighted by Gasteiger charge is -2.38. The highest BCUT2D eigenvalue weighted by atomic mass is 16.1. The monoisotopic (exact) mass is 250 g/mol. The summed E-state index contributed by atoms with van der Waals surface area (Å²) < 4.78 is 1.70. The third-order valence-electron chi connectivity index (χ3n) is 3.43. The Labute approximate surface area is 107 Å². The molecule has 3 N–H and O–H groups in total. The van der Waals surface area contributed by atoms with E-state index in [4.69, 9.17) is 5.73 Å². The Morgan fingerprint density at radius 3 is 2.83 bits per heavy atom. The second-order valence-corrected chi connectivity index (χ2v) is 5.70. The zero-order chi connectivity index (χ0) is 13.2. The van der Waals surface area contributed by atoms with E-state index < -0.39 is 0 Å². The molecule has 0 amide bonds. The van der Waals surface area contributed by atoms with Crippen molar-refractivity contribution in [3.05, 3.63) is 22.7 Å². The summed E-state index contributed by atoms with van der Waals surface area (Å²) in [7, 11) is 0. The van der Waals surface area contributed by atoms with Gasteiger partial charge in [0.1, 0.15) is 0 Å². The van der Waals surface area contributed by atoms with Crippen molar-refractivity contribution in [2.24, 2.45) is 11.7 Å². The second-order valence-electron chi connectivity index (χ2n) is 5.70. The van der Waals surface area contributed by atoms with E-state index in [0.717, 1.165) is 12.8 Å². The van der Waals surface area contributed by atoms with Crippen LogP contribution >= 0.6 is 0 Å². The predicted molar refractivity (Wildman–Crippen MR) is 72.6 cm³/mol. The third kappa shape index (κ3) is 2.90. The first-order valence-electron chi connectivity index (χ1n) is 6.58. The number of nitrogens with two attached hydrogens (primary N) is 1. The maximum Gasteiger partial charge on any atom is 0.293 e. The Bertz CT molecular complexity index is 462. The molecule has 1 saturated carbocycles. The van der Waals surface area contributed by atoms with Gasteiger partial charge < -0.3 is 15.6 Å². The van der Waals surface area contributed by atoms with Gasteiger partial charge in [-0.15, -0.1) is 0 Å². The molecule has 1 aromatic rings. The maximum atomic E-state index is 12.1. The van der Waals surface area contributed by atoms with Crippen molar-refractivity contribution in [3.63, 3.8) is 0 Å². The van der Waals surface area contributed by atoms with E-state index in [1.807, 2.05) is 0 Å². The first-order chi connectivity index (χ1) is 8.50. The topological polar surface area (TPSA) is 72.9 Å². The molecule has 5 heteroatoms. The minimum absolute atomic E-state index is 0.0610. The van der Waals surface area contributed by atoms with Crippen LogP contribution in [0.4, 0.5) is 5.82 Å². The quantitative estimate of drug-likeness (QED) is 0.823. The van der Waals surface area contributed by atoms with Crippen LogP contribution in [0, 0.1) is 5.92 Å². The zero-order valence-corrected chi connectivity index (χ0v) is 11.1. The van der Waals surface area contributed by atoms with Crippen LogP contribution in [0.5, 0.6) is 0 Å². The van der Waals surface area contributed by atoms with Crippen molar-refractivity contribution >= 4 is 5.82 Å². The van der Waals surface area contributed by atoms with Gasteiger partial charge in [0.05, 0.1) is 0 Å². The fourth-order valence-electron chi connectivity index (χ4n) is 2.17. The highest BCUT2D eigenvalue weighted by Gasteiger charge is 2.32. The summed E-state index contributed by atoms with van der Waals surface area (Å²) in [6, 6.07) is 0. The molecule has 0 spiro atoms. The summed E-state index contributed by atoms with van der Waals surface area (Å²) in [5.41, 5.74) is 5.91. The Balaban J connectivity index is 2.06. The van der Waals surface area contributed by atoms with Gasteiger partial charge >= 0.3 is 0 Å². The molecule has 18 heavy (non-hydrogen) atoms. The molecule has 0 atom stereocenters. The summed E-state index contributed by atoms with van der Waals surface area (Å²) in [4.78, 5) is 16.2. The summed E-state index contributed by atoms with van der Waals surface area (Å²) in [5.74, 6) is 0.848. The van der Waals surface area contributed by atoms with Gasteiger partial charge in [-0.3, -0.25) is 4.79 Å². The average Bonchev–Trinajstić information content (AvgIpc) is 2.27. The van der Waals surface area contributed by atoms with E-state index in [1.54, 1.807) is 17.0 Å². The number of hydrogen-bond donors (Lipinski definition) is 2. The van der Waals surface area contributed by atoms with Gasteiger partial charge in [0, 0.05) is 31.0 Å². The largest absolute Gasteiger partial charge is 0.364 e. The van der Waals surface area contributed by atoms with Crippen molar-refractivity contribution in [2.75, 3.05) is 11.9 Å². The fraction of sp³-hybridized carbons (Fsp3) is 0.692. The third-order valence-corrected chi connectivity index (χ3v) is 3.43. The summed E-state index contributed by atoms with van der Waals surface area (Å²) in [6.07, 6.45) is 6.61. The van der Waals surface area contributed by atoms with Crippen LogP contribution in [0.15, 0.2) is 17.2 Å². The van der Waals surface area contributed by atoms with E-state index in [1.165, 1.54) is 6.42 Å². The molecule has 5 nitrogen and oxygen atoms in total. The number of anilines is 1. The van der Waals surface area contributed by atoms with Gasteiger partial charge in [-0.25, -0.2) is 4.98 Å². The maximum absolute atomic E-state index is 12.1. The normalized spacial score (nSPS) is 17.6. The molecular formula is C13H22N4O. The lowest BCUT2D eigenvalue weighted by Crippen LogP contribution is -2.52. The minimum Gasteiger partial charge on any atom is -0.364 e. The molecule has 1 heterocycles. The van der Waals surface area contributed by atoms with E-state index in [0.29, 0.717) is 24.8 Å². The van der Waals surface area contributed by atoms with Crippen LogP contribution in [0.1, 0.15) is 33.1 Å². The molecule has 0 aliphatic heterocycles. The van der Waals surface area contributed by atoms with Gasteiger partial charge in [-0.05, 0) is 25.2 Å². The summed E-state index contributed by atoms with van der Waals surface area (Å²) >= 11 is 0. The number of aromatic nitrogens is 2. The second kappa shape index (κ2) is 5.10. The van der Waals surface area contributed by atoms with Crippen LogP contribution in [0.3, 0.4) is 0 Å². The van der Waals surface area contributed by atoms with Crippen LogP contribution in [-0.2, 0) is 6.54 Å². The van der Waals surface area contributed by atoms with Crippen molar-refractivity contribution in [1.82, 2.24) is 9.55 Å². The minimum atomic E-state index is -0.146. The predicted octanol–water partition coefficient (Wildman–Crippen LogP) is 1.19. The smallest absolute Gasteiger partial charge is 0.293 e. The molecule has 1 fully saturated rings. The van der Waals surface area contributed by atoms with Crippen LogP contribution < -0.4 is 16.6 Å². The number of nitrogens with one attached hydrogen (secondary N) is 1. The van der Waals surface area contributed by atoms with Gasteiger partial charge in [-0.1, -0.05) is 13.8 Å². The van der Waals surface area contributed by atoms with Crippen molar-refractivity contribution in [1.29, 1.82) is 0 Å². The molecule has 0 aromatic carbocycles. The summed E-state index contributed by atoms with van der Waals surface area (Å²) in [6.45, 7) is 5.51. The number of rotatable bonds is 5. The highest BCUT2D eigenvalue weighted by molar-refractivity contribution is 5.32. The molecule has 2 rings (SSSR count). The van der Waals surface area contributed by atoms with Gasteiger partial charge in [0.2, 0.25) is 0 Å². The van der Waals surface area contributed by atoms with E-state index >= 15 is 0 Å². The van der Waals surface area contributed by atoms with Crippen LogP contribution in [0.2, 0.25) is 0 Å². The van der Waals surface area contributed by atoms with Crippen molar-refractivity contribution < 1.29 is 0 Å². The van der Waals surface area contributed by atoms with Gasteiger partial charge in [0.15, 0.2) is 5.82 Å². The zero-order valence-electron chi connectivity index (χ0n) is 11.1. The first kappa shape index (κ1) is 13.1. The number of hydrogen-bond acceptors (Lipinski definition) is 4. The van der Waals surface area contributed by atoms with E-state index in [9.17, 15) is 4.79 Å². The SMILES string of the molecule is CC(C)Cn1ccnc(NCC2(N)CCC2)c1=O. The molecule has 0 unspecified atom stereocenters. The highest BCUT2D eigenvalue weighted by Crippen LogP contribution is 2.28. The van der Waals surface area contributed by atoms with Crippen molar-refractivity contribution in [3.8, 4) is 0 Å². The molecule has 0 radical (unpaired) electrons. The molecule has 0 saturated heterocycles. The standard InChI is InChI=1S/C13H22N4O/c1-10(2)8-17-7-6-15-11(12(17)18)16-9-13(14)4-3-5-13/h6-7,10H,3-5,8-9,14H2,1-2H3,(H,15,16). The molecule has 100 valence electrons. The molecule has 1 aliphatic carbocycles. The number of nitrogens with zero attached hydrogens (tertiary/aromatic N) is 2. The Kier molecular flexibility index (Phi) is 3.71. The first-order valence-corrected chi connectivity index (χ1v) is 6.58. The lowest BCUT2D eigenvalue weighted by molar-refractivity contribution is 0.265. The van der Waals surface area contributed by atoms with Gasteiger partial charge in [0.25, 0.3) is 5.56 Å². The molecule has 1 aromatic heterocycles. The van der Waals surface area contributed by atoms with Crippen LogP contribution in [-0.4, -0.2) is 21.6 Å². The van der Waals surface area contributed by atoms with Gasteiger partial charge in [-0.2, -0.15) is 0 Å². The average molecular weight is 250 g/mol. The molecular weight excluding hydrogens is 228 g/mol. The van der Waals surface area contributed by atoms with E-state index in [2.05, 4.69) is 24.1 Å². The molecule has 1 aliphatic rings. The van der Waals surface area contributed by atoms with Crippen molar-refractivity contribution in [2.45, 2.75) is 45.2 Å². The van der Waals surface area contributed by atoms with Crippen LogP contribution in [0.25, 0.3) is 0 Å². The molecule has 0 bridgehead atoms. The Morgan fingerprint density at radius 1 is 1.56 bits per heavy atom. The lowest BCUT2D eigenvalue weighted by atomic mass is 9.78. The summed E-state index contributed by atoms with van der Waals surface area (Å²) in [5, 5.41) is 3.10. The fourth-order valence-corrected chi connectivity index (χ4v) is 2.17. The Hall–Kier alpha value is -1.36. The van der Waals surface area contributed by atoms with E-state index in [-0.39, 0.29) is 11.1 Å².